The van der Waals surface area contributed by atoms with Crippen molar-refractivity contribution < 1.29 is 40.5 Å². The summed E-state index contributed by atoms with van der Waals surface area (Å²) < 4.78 is 83.5. The van der Waals surface area contributed by atoms with Crippen LogP contribution in [0.2, 0.25) is 0 Å². The molecule has 30 heavy (non-hydrogen) atoms. The molecule has 2 N–H and O–H groups in total. The summed E-state index contributed by atoms with van der Waals surface area (Å²) in [5.41, 5.74) is 0. The Bertz CT molecular complexity index is 946. The lowest BCUT2D eigenvalue weighted by Crippen LogP contribution is -2.36. The first kappa shape index (κ1) is 23.6. The second-order valence-corrected chi connectivity index (χ2v) is 8.01. The van der Waals surface area contributed by atoms with Crippen LogP contribution in [-0.2, 0) is 9.53 Å². The Morgan fingerprint density at radius 1 is 0.900 bits per heavy atom. The monoisotopic (exact) mass is 452 g/mol. The summed E-state index contributed by atoms with van der Waals surface area (Å²) in [6, 6.07) is 6.08. The van der Waals surface area contributed by atoms with Crippen molar-refractivity contribution in [3.8, 4) is 11.5 Å². The van der Waals surface area contributed by atoms with E-state index in [9.17, 15) is 26.7 Å². The van der Waals surface area contributed by atoms with E-state index in [0.717, 1.165) is 0 Å². The summed E-state index contributed by atoms with van der Waals surface area (Å²) in [5.74, 6) is -14.0. The number of rotatable bonds is 8. The second-order valence-electron chi connectivity index (χ2n) is 6.28. The van der Waals surface area contributed by atoms with Gasteiger partial charge in [0.2, 0.25) is 34.8 Å². The molecule has 6 nitrogen and oxygen atoms in total. The third kappa shape index (κ3) is 5.48. The number of hydrogen-bond donors (Lipinski definition) is 2. The van der Waals surface area contributed by atoms with E-state index in [1.807, 2.05) is 0 Å². The highest BCUT2D eigenvalue weighted by Crippen LogP contribution is 2.48. The van der Waals surface area contributed by atoms with E-state index in [1.165, 1.54) is 31.2 Å². The third-order valence-electron chi connectivity index (χ3n) is 3.44. The fourth-order valence-corrected chi connectivity index (χ4v) is 3.73. The zero-order valence-corrected chi connectivity index (χ0v) is 16.9. The van der Waals surface area contributed by atoms with Gasteiger partial charge < -0.3 is 13.8 Å². The van der Waals surface area contributed by atoms with E-state index in [-0.39, 0.29) is 5.75 Å². The van der Waals surface area contributed by atoms with Gasteiger partial charge in [0.1, 0.15) is 11.8 Å². The highest BCUT2D eigenvalue weighted by molar-refractivity contribution is 7.53. The summed E-state index contributed by atoms with van der Waals surface area (Å²) in [4.78, 5) is 12.0. The van der Waals surface area contributed by atoms with E-state index < -0.39 is 60.6 Å². The molecule has 1 unspecified atom stereocenters. The van der Waals surface area contributed by atoms with Crippen molar-refractivity contribution in [1.82, 2.24) is 5.09 Å². The van der Waals surface area contributed by atoms with Gasteiger partial charge in [0, 0.05) is 0 Å². The normalized spacial score (nSPS) is 14.2. The van der Waals surface area contributed by atoms with Crippen molar-refractivity contribution >= 4 is 13.6 Å². The van der Waals surface area contributed by atoms with E-state index in [4.69, 9.17) is 18.9 Å². The summed E-state index contributed by atoms with van der Waals surface area (Å²) in [6.45, 7) is 4.39. The van der Waals surface area contributed by atoms with Crippen LogP contribution in [0.5, 0.6) is 11.5 Å². The molecule has 0 saturated heterocycles. The molecule has 2 aromatic rings. The molecule has 2 rings (SSSR count). The van der Waals surface area contributed by atoms with Crippen LogP contribution in [0, 0.1) is 34.2 Å². The number of carbonyl (C=O) groups excluding carboxylic acids is 1. The molecule has 0 amide bonds. The number of hydrogen-bond acceptors (Lipinski definition) is 5. The van der Waals surface area contributed by atoms with Crippen molar-refractivity contribution in [3.63, 3.8) is 0 Å². The largest absolute Gasteiger partial charge is 0.462 e. The SMILES string of the molecule is CC(C)OC(=O)[C@H](C)NP(=N)(Oc1ccccc1)Oc1c(F)c(F)c(F)c(F)c1F. The van der Waals surface area contributed by atoms with Gasteiger partial charge in [-0.1, -0.05) is 18.2 Å². The molecule has 0 radical (unpaired) electrons. The van der Waals surface area contributed by atoms with Gasteiger partial charge in [0.25, 0.3) is 0 Å². The maximum atomic E-state index is 14.1. The van der Waals surface area contributed by atoms with Gasteiger partial charge in [0.05, 0.1) is 6.10 Å². The quantitative estimate of drug-likeness (QED) is 0.187. The van der Waals surface area contributed by atoms with Crippen LogP contribution in [0.15, 0.2) is 30.3 Å². The topological polar surface area (TPSA) is 80.6 Å². The lowest BCUT2D eigenvalue weighted by molar-refractivity contribution is -0.149. The minimum Gasteiger partial charge on any atom is -0.462 e. The fourth-order valence-electron chi connectivity index (χ4n) is 2.14. The average Bonchev–Trinajstić information content (AvgIpc) is 2.68. The summed E-state index contributed by atoms with van der Waals surface area (Å²) in [7, 11) is -4.41. The molecule has 0 aliphatic heterocycles. The van der Waals surface area contributed by atoms with Gasteiger partial charge in [-0.05, 0) is 32.9 Å². The molecule has 2 atom stereocenters. The van der Waals surface area contributed by atoms with Gasteiger partial charge in [-0.25, -0.2) is 23.4 Å². The highest BCUT2D eigenvalue weighted by Gasteiger charge is 2.35. The Morgan fingerprint density at radius 2 is 1.40 bits per heavy atom. The van der Waals surface area contributed by atoms with Crippen LogP contribution >= 0.6 is 7.66 Å². The van der Waals surface area contributed by atoms with Crippen LogP contribution in [0.4, 0.5) is 22.0 Å². The van der Waals surface area contributed by atoms with Gasteiger partial charge in [-0.2, -0.15) is 8.78 Å². The van der Waals surface area contributed by atoms with Crippen molar-refractivity contribution in [1.29, 1.82) is 5.16 Å². The van der Waals surface area contributed by atoms with Crippen LogP contribution in [0.25, 0.3) is 0 Å². The lowest BCUT2D eigenvalue weighted by atomic mass is 10.3. The maximum Gasteiger partial charge on any atom is 0.392 e. The first-order chi connectivity index (χ1) is 13.9. The van der Waals surface area contributed by atoms with Gasteiger partial charge >= 0.3 is 13.6 Å². The Labute approximate surface area is 169 Å². The first-order valence-corrected chi connectivity index (χ1v) is 10.2. The molecule has 0 fully saturated rings. The summed E-state index contributed by atoms with van der Waals surface area (Å²) >= 11 is 0. The number of esters is 1. The number of carbonyl (C=O) groups is 1. The fraction of sp³-hybridized carbons (Fsp3) is 0.278. The van der Waals surface area contributed by atoms with Gasteiger partial charge in [-0.3, -0.25) is 4.79 Å². The van der Waals surface area contributed by atoms with Crippen molar-refractivity contribution in [2.75, 3.05) is 0 Å². The van der Waals surface area contributed by atoms with E-state index in [1.54, 1.807) is 19.9 Å². The molecule has 164 valence electrons. The molecule has 0 bridgehead atoms. The zero-order valence-electron chi connectivity index (χ0n) is 16.0. The van der Waals surface area contributed by atoms with E-state index in [2.05, 4.69) is 5.09 Å². The van der Waals surface area contributed by atoms with E-state index >= 15 is 0 Å². The Hall–Kier alpha value is -2.65. The molecule has 0 heterocycles. The van der Waals surface area contributed by atoms with Crippen LogP contribution in [0.3, 0.4) is 0 Å². The third-order valence-corrected chi connectivity index (χ3v) is 5.07. The maximum absolute atomic E-state index is 14.1. The van der Waals surface area contributed by atoms with Crippen molar-refractivity contribution in [3.05, 3.63) is 59.4 Å². The molecule has 0 saturated carbocycles. The molecular weight excluding hydrogens is 434 g/mol. The number of benzene rings is 2. The number of nitrogens with one attached hydrogen (secondary N) is 2. The Kier molecular flexibility index (Phi) is 7.44. The molecule has 0 aliphatic carbocycles. The standard InChI is InChI=1S/C18H18F5N2O4P/c1-9(2)27-18(26)10(3)25-30(24,28-11-7-5-4-6-8-11)29-17-15(22)13(20)12(19)14(21)16(17)23/h4-10H,1-3H3,(H2,24,25)/t10-,30?/m0/s1. The van der Waals surface area contributed by atoms with Crippen molar-refractivity contribution in [2.45, 2.75) is 32.9 Å². The molecule has 2 aromatic carbocycles. The minimum atomic E-state index is -4.41. The van der Waals surface area contributed by atoms with Gasteiger partial charge in [-0.15, -0.1) is 0 Å². The number of para-hydroxylation sites is 1. The predicted octanol–water partition coefficient (Wildman–Crippen LogP) is 5.29. The summed E-state index contributed by atoms with van der Waals surface area (Å²) in [5, 5.41) is 10.7. The second kappa shape index (κ2) is 9.44. The molecule has 0 aromatic heterocycles. The number of halogens is 5. The molecule has 0 aliphatic rings. The van der Waals surface area contributed by atoms with Crippen LogP contribution < -0.4 is 14.1 Å². The van der Waals surface area contributed by atoms with Crippen LogP contribution in [-0.4, -0.2) is 18.1 Å². The first-order valence-electron chi connectivity index (χ1n) is 8.53. The zero-order chi connectivity index (χ0) is 22.6. The van der Waals surface area contributed by atoms with Crippen molar-refractivity contribution in [2.24, 2.45) is 0 Å². The highest BCUT2D eigenvalue weighted by atomic mass is 31.2. The Morgan fingerprint density at radius 3 is 1.90 bits per heavy atom. The molecule has 0 spiro atoms. The minimum absolute atomic E-state index is 0.0124. The molecule has 12 heteroatoms. The molecular formula is C18H18F5N2O4P. The van der Waals surface area contributed by atoms with Gasteiger partial charge in [0.15, 0.2) is 0 Å². The predicted molar refractivity (Wildman–Crippen MR) is 97.4 cm³/mol. The van der Waals surface area contributed by atoms with E-state index in [0.29, 0.717) is 0 Å². The Balaban J connectivity index is 2.45. The van der Waals surface area contributed by atoms with Crippen LogP contribution in [0.1, 0.15) is 20.8 Å². The smallest absolute Gasteiger partial charge is 0.392 e. The summed E-state index contributed by atoms with van der Waals surface area (Å²) in [6.07, 6.45) is -0.508. The lowest BCUT2D eigenvalue weighted by Gasteiger charge is -2.27. The number of ether oxygens (including phenoxy) is 1. The average molecular weight is 452 g/mol.